The van der Waals surface area contributed by atoms with Crippen LogP contribution in [0.25, 0.3) is 0 Å². The lowest BCUT2D eigenvalue weighted by molar-refractivity contribution is 0.102. The summed E-state index contributed by atoms with van der Waals surface area (Å²) in [6.07, 6.45) is 2.55. The van der Waals surface area contributed by atoms with Crippen molar-refractivity contribution in [2.45, 2.75) is 6.42 Å². The minimum absolute atomic E-state index is 0.171. The largest absolute Gasteiger partial charge is 0.385 e. The summed E-state index contributed by atoms with van der Waals surface area (Å²) in [5.74, 6) is 0.602. The highest BCUT2D eigenvalue weighted by Crippen LogP contribution is 2.18. The molecule has 0 radical (unpaired) electrons. The molecule has 2 N–H and O–H groups in total. The Labute approximate surface area is 138 Å². The second kappa shape index (κ2) is 8.51. The number of anilines is 2. The molecule has 2 rings (SSSR count). The molecule has 0 aliphatic heterocycles. The molecule has 0 aliphatic carbocycles. The molecule has 1 amide bonds. The zero-order valence-corrected chi connectivity index (χ0v) is 13.9. The Hall–Kier alpha value is -1.92. The molecule has 0 aliphatic rings. The third-order valence-corrected chi connectivity index (χ3v) is 3.66. The van der Waals surface area contributed by atoms with Gasteiger partial charge in [-0.15, -0.1) is 0 Å². The molecule has 0 atom stereocenters. The molecule has 116 valence electrons. The smallest absolute Gasteiger partial charge is 0.256 e. The van der Waals surface area contributed by atoms with Gasteiger partial charge in [0.1, 0.15) is 5.82 Å². The molecule has 1 aromatic heterocycles. The van der Waals surface area contributed by atoms with Gasteiger partial charge in [-0.05, 0) is 46.6 Å². The first-order chi connectivity index (χ1) is 10.7. The highest BCUT2D eigenvalue weighted by atomic mass is 79.9. The van der Waals surface area contributed by atoms with Crippen LogP contribution in [0.1, 0.15) is 16.8 Å². The van der Waals surface area contributed by atoms with Gasteiger partial charge < -0.3 is 15.4 Å². The van der Waals surface area contributed by atoms with E-state index in [0.29, 0.717) is 17.9 Å². The first-order valence-corrected chi connectivity index (χ1v) is 7.75. The van der Waals surface area contributed by atoms with Crippen LogP contribution in [0.4, 0.5) is 11.5 Å². The molecular formula is C16H18BrN3O2. The van der Waals surface area contributed by atoms with E-state index in [9.17, 15) is 4.79 Å². The quantitative estimate of drug-likeness (QED) is 0.738. The summed E-state index contributed by atoms with van der Waals surface area (Å²) in [6.45, 7) is 1.51. The number of carbonyl (C=O) groups is 1. The summed E-state index contributed by atoms with van der Waals surface area (Å²) >= 11 is 3.37. The van der Waals surface area contributed by atoms with Crippen molar-refractivity contribution in [1.29, 1.82) is 0 Å². The van der Waals surface area contributed by atoms with Crippen LogP contribution in [0.5, 0.6) is 0 Å². The number of hydrogen-bond donors (Lipinski definition) is 2. The predicted molar refractivity (Wildman–Crippen MR) is 91.3 cm³/mol. The fourth-order valence-electron chi connectivity index (χ4n) is 1.85. The molecule has 2 aromatic rings. The number of nitrogens with one attached hydrogen (secondary N) is 2. The second-order valence-electron chi connectivity index (χ2n) is 4.64. The van der Waals surface area contributed by atoms with Crippen LogP contribution in [0, 0.1) is 0 Å². The number of ether oxygens (including phenoxy) is 1. The Kier molecular flexibility index (Phi) is 6.36. The Balaban J connectivity index is 1.91. The second-order valence-corrected chi connectivity index (χ2v) is 5.49. The molecule has 22 heavy (non-hydrogen) atoms. The molecule has 6 heteroatoms. The van der Waals surface area contributed by atoms with E-state index in [1.54, 1.807) is 19.4 Å². The van der Waals surface area contributed by atoms with Gasteiger partial charge >= 0.3 is 0 Å². The molecular weight excluding hydrogens is 346 g/mol. The van der Waals surface area contributed by atoms with Crippen molar-refractivity contribution in [2.24, 2.45) is 0 Å². The number of hydrogen-bond acceptors (Lipinski definition) is 4. The van der Waals surface area contributed by atoms with E-state index in [1.165, 1.54) is 0 Å². The molecule has 5 nitrogen and oxygen atoms in total. The van der Waals surface area contributed by atoms with Crippen molar-refractivity contribution in [3.63, 3.8) is 0 Å². The van der Waals surface area contributed by atoms with E-state index < -0.39 is 0 Å². The molecule has 0 saturated carbocycles. The van der Waals surface area contributed by atoms with E-state index in [4.69, 9.17) is 4.74 Å². The van der Waals surface area contributed by atoms with Gasteiger partial charge in [-0.25, -0.2) is 4.98 Å². The Bertz CT molecular complexity index is 617. The van der Waals surface area contributed by atoms with E-state index in [1.807, 2.05) is 30.3 Å². The lowest BCUT2D eigenvalue weighted by Gasteiger charge is -2.08. The number of pyridine rings is 1. The molecule has 0 unspecified atom stereocenters. The summed E-state index contributed by atoms with van der Waals surface area (Å²) < 4.78 is 5.74. The van der Waals surface area contributed by atoms with Crippen molar-refractivity contribution < 1.29 is 9.53 Å². The van der Waals surface area contributed by atoms with Crippen LogP contribution >= 0.6 is 15.9 Å². The summed E-state index contributed by atoms with van der Waals surface area (Å²) in [7, 11) is 1.68. The third-order valence-electron chi connectivity index (χ3n) is 2.97. The lowest BCUT2D eigenvalue weighted by atomic mass is 10.2. The van der Waals surface area contributed by atoms with Crippen LogP contribution in [-0.2, 0) is 4.74 Å². The normalized spacial score (nSPS) is 10.3. The zero-order valence-electron chi connectivity index (χ0n) is 12.3. The first-order valence-electron chi connectivity index (χ1n) is 6.95. The Morgan fingerprint density at radius 1 is 1.27 bits per heavy atom. The first kappa shape index (κ1) is 16.5. The number of benzene rings is 1. The average molecular weight is 364 g/mol. The summed E-state index contributed by atoms with van der Waals surface area (Å²) in [5, 5.41) is 6.01. The highest BCUT2D eigenvalue weighted by Gasteiger charge is 2.09. The van der Waals surface area contributed by atoms with E-state index in [2.05, 4.69) is 31.5 Å². The fourth-order valence-corrected chi connectivity index (χ4v) is 2.31. The van der Waals surface area contributed by atoms with Gasteiger partial charge in [-0.1, -0.05) is 12.1 Å². The van der Waals surface area contributed by atoms with Crippen LogP contribution in [-0.4, -0.2) is 31.2 Å². The van der Waals surface area contributed by atoms with Crippen molar-refractivity contribution in [3.05, 3.63) is 52.6 Å². The summed E-state index contributed by atoms with van der Waals surface area (Å²) in [6, 6.07) is 10.9. The molecule has 1 heterocycles. The Morgan fingerprint density at radius 3 is 2.77 bits per heavy atom. The van der Waals surface area contributed by atoms with Crippen molar-refractivity contribution in [2.75, 3.05) is 30.9 Å². The lowest BCUT2D eigenvalue weighted by Crippen LogP contribution is -2.13. The van der Waals surface area contributed by atoms with Gasteiger partial charge in [0.05, 0.1) is 17.4 Å². The number of carbonyl (C=O) groups excluding carboxylic acids is 1. The standard InChI is InChI=1S/C16H18BrN3O2/c1-22-10-4-9-18-15-8-7-12(11-19-15)20-16(21)13-5-2-3-6-14(13)17/h2-3,5-8,11H,4,9-10H2,1H3,(H,18,19)(H,20,21). The molecule has 1 aromatic carbocycles. The number of nitrogens with zero attached hydrogens (tertiary/aromatic N) is 1. The average Bonchev–Trinajstić information content (AvgIpc) is 2.53. The van der Waals surface area contributed by atoms with Gasteiger partial charge in [0.25, 0.3) is 5.91 Å². The van der Waals surface area contributed by atoms with E-state index >= 15 is 0 Å². The van der Waals surface area contributed by atoms with Crippen molar-refractivity contribution >= 4 is 33.3 Å². The molecule has 0 spiro atoms. The van der Waals surface area contributed by atoms with Crippen molar-refractivity contribution in [1.82, 2.24) is 4.98 Å². The number of halogens is 1. The molecule has 0 fully saturated rings. The summed E-state index contributed by atoms with van der Waals surface area (Å²) in [4.78, 5) is 16.4. The maximum absolute atomic E-state index is 12.2. The number of rotatable bonds is 7. The zero-order chi connectivity index (χ0) is 15.8. The van der Waals surface area contributed by atoms with Gasteiger partial charge in [-0.3, -0.25) is 4.79 Å². The maximum atomic E-state index is 12.2. The van der Waals surface area contributed by atoms with Crippen LogP contribution in [0.3, 0.4) is 0 Å². The monoisotopic (exact) mass is 363 g/mol. The SMILES string of the molecule is COCCCNc1ccc(NC(=O)c2ccccc2Br)cn1. The summed E-state index contributed by atoms with van der Waals surface area (Å²) in [5.41, 5.74) is 1.24. The van der Waals surface area contributed by atoms with Crippen LogP contribution in [0.2, 0.25) is 0 Å². The number of aromatic nitrogens is 1. The van der Waals surface area contributed by atoms with Gasteiger partial charge in [0, 0.05) is 24.7 Å². The van der Waals surface area contributed by atoms with Gasteiger partial charge in [-0.2, -0.15) is 0 Å². The van der Waals surface area contributed by atoms with Gasteiger partial charge in [0.15, 0.2) is 0 Å². The Morgan fingerprint density at radius 2 is 2.09 bits per heavy atom. The molecule has 0 saturated heterocycles. The molecule has 0 bridgehead atoms. The maximum Gasteiger partial charge on any atom is 0.256 e. The predicted octanol–water partition coefficient (Wildman–Crippen LogP) is 3.54. The minimum Gasteiger partial charge on any atom is -0.385 e. The van der Waals surface area contributed by atoms with Crippen LogP contribution < -0.4 is 10.6 Å². The highest BCUT2D eigenvalue weighted by molar-refractivity contribution is 9.10. The van der Waals surface area contributed by atoms with Gasteiger partial charge in [0.2, 0.25) is 0 Å². The fraction of sp³-hybridized carbons (Fsp3) is 0.250. The van der Waals surface area contributed by atoms with Crippen molar-refractivity contribution in [3.8, 4) is 0 Å². The topological polar surface area (TPSA) is 63.2 Å². The third kappa shape index (κ3) is 4.82. The number of methoxy groups -OCH3 is 1. The van der Waals surface area contributed by atoms with E-state index in [-0.39, 0.29) is 5.91 Å². The minimum atomic E-state index is -0.171. The number of amides is 1. The van der Waals surface area contributed by atoms with Crippen LogP contribution in [0.15, 0.2) is 47.1 Å². The van der Waals surface area contributed by atoms with E-state index in [0.717, 1.165) is 23.3 Å².